The van der Waals surface area contributed by atoms with Crippen molar-refractivity contribution >= 4 is 0 Å². The molecule has 1 aromatic rings. The number of hydrogen-bond acceptors (Lipinski definition) is 5. The van der Waals surface area contributed by atoms with Crippen molar-refractivity contribution in [1.29, 1.82) is 0 Å². The van der Waals surface area contributed by atoms with Gasteiger partial charge in [-0.2, -0.15) is 0 Å². The Balaban J connectivity index is 1.77. The Kier molecular flexibility index (Phi) is 10.7. The van der Waals surface area contributed by atoms with Crippen LogP contribution in [0.4, 0.5) is 0 Å². The highest BCUT2D eigenvalue weighted by Crippen LogP contribution is 2.07. The highest BCUT2D eigenvalue weighted by Gasteiger charge is 1.94. The van der Waals surface area contributed by atoms with E-state index in [4.69, 9.17) is 18.9 Å². The predicted octanol–water partition coefficient (Wildman–Crippen LogP) is 1.68. The highest BCUT2D eigenvalue weighted by molar-refractivity contribution is 5.20. The van der Waals surface area contributed by atoms with E-state index in [9.17, 15) is 0 Å². The molecule has 120 valence electrons. The molecular formula is C16H27NO4. The summed E-state index contributed by atoms with van der Waals surface area (Å²) < 4.78 is 21.7. The van der Waals surface area contributed by atoms with Crippen LogP contribution in [0.25, 0.3) is 0 Å². The van der Waals surface area contributed by atoms with Gasteiger partial charge in [0.1, 0.15) is 12.4 Å². The van der Waals surface area contributed by atoms with E-state index in [0.717, 1.165) is 18.9 Å². The van der Waals surface area contributed by atoms with E-state index in [1.165, 1.54) is 0 Å². The zero-order valence-corrected chi connectivity index (χ0v) is 13.1. The molecule has 1 aromatic carbocycles. The van der Waals surface area contributed by atoms with Crippen LogP contribution < -0.4 is 4.74 Å². The first-order valence-corrected chi connectivity index (χ1v) is 7.35. The molecule has 0 aliphatic rings. The molecular weight excluding hydrogens is 270 g/mol. The van der Waals surface area contributed by atoms with Gasteiger partial charge in [-0.15, -0.1) is 0 Å². The Bertz CT molecular complexity index is 332. The smallest absolute Gasteiger partial charge is 0.119 e. The van der Waals surface area contributed by atoms with Crippen LogP contribution in [0.15, 0.2) is 30.3 Å². The maximum Gasteiger partial charge on any atom is 0.119 e. The average molecular weight is 297 g/mol. The number of rotatable bonds is 13. The Morgan fingerprint density at radius 2 is 1.24 bits per heavy atom. The predicted molar refractivity (Wildman–Crippen MR) is 82.9 cm³/mol. The van der Waals surface area contributed by atoms with E-state index in [0.29, 0.717) is 39.6 Å². The van der Waals surface area contributed by atoms with Crippen LogP contribution in [0, 0.1) is 0 Å². The molecule has 0 fully saturated rings. The van der Waals surface area contributed by atoms with Crippen molar-refractivity contribution in [2.45, 2.75) is 0 Å². The summed E-state index contributed by atoms with van der Waals surface area (Å²) in [6.07, 6.45) is 0. The van der Waals surface area contributed by atoms with Crippen LogP contribution in [0.2, 0.25) is 0 Å². The quantitative estimate of drug-likeness (QED) is 0.518. The molecule has 0 unspecified atom stereocenters. The number of hydrogen-bond donors (Lipinski definition) is 0. The fourth-order valence-corrected chi connectivity index (χ4v) is 1.52. The van der Waals surface area contributed by atoms with Gasteiger partial charge < -0.3 is 23.8 Å². The number of ether oxygens (including phenoxy) is 4. The lowest BCUT2D eigenvalue weighted by Crippen LogP contribution is -2.19. The summed E-state index contributed by atoms with van der Waals surface area (Å²) >= 11 is 0. The van der Waals surface area contributed by atoms with Crippen molar-refractivity contribution in [3.8, 4) is 5.75 Å². The van der Waals surface area contributed by atoms with Crippen LogP contribution in [0.3, 0.4) is 0 Å². The normalized spacial score (nSPS) is 11.0. The Hall–Kier alpha value is -1.14. The topological polar surface area (TPSA) is 40.2 Å². The summed E-state index contributed by atoms with van der Waals surface area (Å²) in [5, 5.41) is 0. The summed E-state index contributed by atoms with van der Waals surface area (Å²) in [6, 6.07) is 9.72. The number of benzene rings is 1. The third kappa shape index (κ3) is 11.2. The van der Waals surface area contributed by atoms with Gasteiger partial charge in [0.2, 0.25) is 0 Å². The number of nitrogens with zero attached hydrogens (tertiary/aromatic N) is 1. The van der Waals surface area contributed by atoms with Crippen molar-refractivity contribution in [3.05, 3.63) is 30.3 Å². The molecule has 0 aliphatic carbocycles. The SMILES string of the molecule is CN(C)CCOCCOCCOCCOc1ccccc1. The molecule has 0 atom stereocenters. The van der Waals surface area contributed by atoms with E-state index < -0.39 is 0 Å². The van der Waals surface area contributed by atoms with Gasteiger partial charge in [-0.3, -0.25) is 0 Å². The highest BCUT2D eigenvalue weighted by atomic mass is 16.6. The minimum absolute atomic E-state index is 0.553. The molecule has 0 aromatic heterocycles. The second kappa shape index (κ2) is 12.6. The lowest BCUT2D eigenvalue weighted by Gasteiger charge is -2.10. The third-order valence-electron chi connectivity index (χ3n) is 2.67. The summed E-state index contributed by atoms with van der Waals surface area (Å²) in [6.45, 7) is 5.20. The van der Waals surface area contributed by atoms with Crippen LogP contribution in [-0.2, 0) is 14.2 Å². The zero-order chi connectivity index (χ0) is 15.2. The van der Waals surface area contributed by atoms with E-state index in [1.807, 2.05) is 44.4 Å². The van der Waals surface area contributed by atoms with Crippen molar-refractivity contribution in [1.82, 2.24) is 4.90 Å². The molecule has 0 amide bonds. The lowest BCUT2D eigenvalue weighted by atomic mass is 10.3. The summed E-state index contributed by atoms with van der Waals surface area (Å²) in [5.74, 6) is 0.868. The fourth-order valence-electron chi connectivity index (χ4n) is 1.52. The van der Waals surface area contributed by atoms with E-state index in [-0.39, 0.29) is 0 Å². The Morgan fingerprint density at radius 1 is 0.714 bits per heavy atom. The van der Waals surface area contributed by atoms with Gasteiger partial charge in [-0.05, 0) is 26.2 Å². The lowest BCUT2D eigenvalue weighted by molar-refractivity contribution is 0.00753. The van der Waals surface area contributed by atoms with Crippen molar-refractivity contribution in [2.24, 2.45) is 0 Å². The second-order valence-corrected chi connectivity index (χ2v) is 4.80. The van der Waals surface area contributed by atoms with E-state index in [1.54, 1.807) is 0 Å². The maximum absolute atomic E-state index is 5.51. The van der Waals surface area contributed by atoms with E-state index >= 15 is 0 Å². The van der Waals surface area contributed by atoms with Gasteiger partial charge in [0, 0.05) is 6.54 Å². The van der Waals surface area contributed by atoms with Crippen molar-refractivity contribution < 1.29 is 18.9 Å². The third-order valence-corrected chi connectivity index (χ3v) is 2.67. The van der Waals surface area contributed by atoms with Gasteiger partial charge in [0.15, 0.2) is 0 Å². The molecule has 0 saturated carbocycles. The molecule has 0 bridgehead atoms. The first-order chi connectivity index (χ1) is 10.3. The Labute approximate surface area is 127 Å². The van der Waals surface area contributed by atoms with Crippen molar-refractivity contribution in [3.63, 3.8) is 0 Å². The number of likely N-dealkylation sites (N-methyl/N-ethyl adjacent to an activating group) is 1. The minimum Gasteiger partial charge on any atom is -0.491 e. The minimum atomic E-state index is 0.553. The fraction of sp³-hybridized carbons (Fsp3) is 0.625. The first kappa shape index (κ1) is 17.9. The first-order valence-electron chi connectivity index (χ1n) is 7.35. The molecule has 1 rings (SSSR count). The van der Waals surface area contributed by atoms with Gasteiger partial charge in [-0.1, -0.05) is 18.2 Å². The van der Waals surface area contributed by atoms with Crippen LogP contribution in [-0.4, -0.2) is 71.8 Å². The van der Waals surface area contributed by atoms with Crippen LogP contribution in [0.5, 0.6) is 5.75 Å². The second-order valence-electron chi connectivity index (χ2n) is 4.80. The molecule has 0 aliphatic heterocycles. The number of para-hydroxylation sites is 1. The largest absolute Gasteiger partial charge is 0.491 e. The molecule has 0 heterocycles. The summed E-state index contributed by atoms with van der Waals surface area (Å²) in [7, 11) is 4.05. The van der Waals surface area contributed by atoms with Gasteiger partial charge >= 0.3 is 0 Å². The molecule has 5 heteroatoms. The summed E-state index contributed by atoms with van der Waals surface area (Å²) in [5.41, 5.74) is 0. The monoisotopic (exact) mass is 297 g/mol. The van der Waals surface area contributed by atoms with Gasteiger partial charge in [-0.25, -0.2) is 0 Å². The molecule has 0 radical (unpaired) electrons. The van der Waals surface area contributed by atoms with Gasteiger partial charge in [0.05, 0.1) is 39.6 Å². The molecule has 0 spiro atoms. The molecule has 0 saturated heterocycles. The molecule has 5 nitrogen and oxygen atoms in total. The zero-order valence-electron chi connectivity index (χ0n) is 13.1. The van der Waals surface area contributed by atoms with Crippen molar-refractivity contribution in [2.75, 3.05) is 66.9 Å². The van der Waals surface area contributed by atoms with Gasteiger partial charge in [0.25, 0.3) is 0 Å². The van der Waals surface area contributed by atoms with Crippen LogP contribution >= 0.6 is 0 Å². The Morgan fingerprint density at radius 3 is 1.81 bits per heavy atom. The van der Waals surface area contributed by atoms with Crippen LogP contribution in [0.1, 0.15) is 0 Å². The standard InChI is InChI=1S/C16H27NO4/c1-17(2)8-9-18-10-11-19-12-13-20-14-15-21-16-6-4-3-5-7-16/h3-7H,8-15H2,1-2H3. The molecule has 21 heavy (non-hydrogen) atoms. The van der Waals surface area contributed by atoms with E-state index in [2.05, 4.69) is 4.90 Å². The summed E-state index contributed by atoms with van der Waals surface area (Å²) in [4.78, 5) is 2.09. The molecule has 0 N–H and O–H groups in total. The maximum atomic E-state index is 5.51. The average Bonchev–Trinajstić information content (AvgIpc) is 2.49.